The van der Waals surface area contributed by atoms with E-state index in [0.717, 1.165) is 33.6 Å². The Morgan fingerprint density at radius 2 is 1.16 bits per heavy atom. The van der Waals surface area contributed by atoms with Gasteiger partial charge in [0.15, 0.2) is 0 Å². The monoisotopic (exact) mass is 322 g/mol. The summed E-state index contributed by atoms with van der Waals surface area (Å²) in [5, 5.41) is 0. The summed E-state index contributed by atoms with van der Waals surface area (Å²) in [6, 6.07) is 27.2. The van der Waals surface area contributed by atoms with Crippen LogP contribution in [-0.2, 0) is 0 Å². The molecule has 0 spiro atoms. The van der Waals surface area contributed by atoms with Crippen molar-refractivity contribution in [3.8, 4) is 33.6 Å². The zero-order valence-corrected chi connectivity index (χ0v) is 14.1. The second-order valence-electron chi connectivity index (χ2n) is 6.09. The molecule has 0 aliphatic heterocycles. The van der Waals surface area contributed by atoms with Crippen LogP contribution < -0.4 is 0 Å². The van der Waals surface area contributed by atoms with E-state index < -0.39 is 0 Å². The molecule has 0 aliphatic rings. The molecule has 0 amide bonds. The van der Waals surface area contributed by atoms with Crippen LogP contribution in [0.1, 0.15) is 5.56 Å². The fourth-order valence-corrected chi connectivity index (χ4v) is 2.87. The molecule has 0 unspecified atom stereocenters. The summed E-state index contributed by atoms with van der Waals surface area (Å²) in [6.07, 6.45) is 3.65. The molecule has 0 bridgehead atoms. The number of aryl methyl sites for hydroxylation is 1. The van der Waals surface area contributed by atoms with Crippen molar-refractivity contribution in [2.75, 3.05) is 0 Å². The van der Waals surface area contributed by atoms with Gasteiger partial charge in [-0.15, -0.1) is 0 Å². The first-order valence-corrected chi connectivity index (χ1v) is 8.34. The summed E-state index contributed by atoms with van der Waals surface area (Å²) in [6.45, 7) is 2.10. The molecule has 2 nitrogen and oxygen atoms in total. The number of aromatic nitrogens is 2. The maximum Gasteiger partial charge on any atom is 0.0715 e. The van der Waals surface area contributed by atoms with Crippen molar-refractivity contribution in [3.63, 3.8) is 0 Å². The Morgan fingerprint density at radius 3 is 1.80 bits per heavy atom. The highest BCUT2D eigenvalue weighted by Crippen LogP contribution is 2.29. The van der Waals surface area contributed by atoms with E-state index in [9.17, 15) is 0 Å². The van der Waals surface area contributed by atoms with E-state index >= 15 is 0 Å². The van der Waals surface area contributed by atoms with E-state index in [1.54, 1.807) is 0 Å². The van der Waals surface area contributed by atoms with Crippen LogP contribution in [-0.4, -0.2) is 9.97 Å². The smallest absolute Gasteiger partial charge is 0.0715 e. The molecule has 25 heavy (non-hydrogen) atoms. The fourth-order valence-electron chi connectivity index (χ4n) is 2.87. The van der Waals surface area contributed by atoms with Crippen LogP contribution in [0.2, 0.25) is 0 Å². The molecule has 0 atom stereocenters. The summed E-state index contributed by atoms with van der Waals surface area (Å²) < 4.78 is 0. The standard InChI is InChI=1S/C23H18N2/c1-17-7-9-20(10-8-17)23-16-21(18-11-13-24-14-12-18)15-22(25-23)19-5-3-2-4-6-19/h2-16H,1H3. The van der Waals surface area contributed by atoms with E-state index in [-0.39, 0.29) is 0 Å². The lowest BCUT2D eigenvalue weighted by Crippen LogP contribution is -1.91. The maximum absolute atomic E-state index is 4.91. The van der Waals surface area contributed by atoms with Crippen molar-refractivity contribution in [2.24, 2.45) is 0 Å². The third kappa shape index (κ3) is 3.33. The first-order valence-electron chi connectivity index (χ1n) is 8.34. The van der Waals surface area contributed by atoms with Gasteiger partial charge in [-0.2, -0.15) is 0 Å². The maximum atomic E-state index is 4.91. The Balaban J connectivity index is 1.90. The third-order valence-corrected chi connectivity index (χ3v) is 4.26. The van der Waals surface area contributed by atoms with Gasteiger partial charge in [-0.3, -0.25) is 4.98 Å². The SMILES string of the molecule is Cc1ccc(-c2cc(-c3ccncc3)cc(-c3ccccc3)n2)cc1. The Hall–Kier alpha value is -3.26. The van der Waals surface area contributed by atoms with Gasteiger partial charge in [-0.25, -0.2) is 4.98 Å². The zero-order chi connectivity index (χ0) is 17.1. The number of hydrogen-bond donors (Lipinski definition) is 0. The van der Waals surface area contributed by atoms with Crippen LogP contribution in [0, 0.1) is 6.92 Å². The van der Waals surface area contributed by atoms with Crippen molar-refractivity contribution in [1.82, 2.24) is 9.97 Å². The van der Waals surface area contributed by atoms with Crippen molar-refractivity contribution in [1.29, 1.82) is 0 Å². The van der Waals surface area contributed by atoms with Crippen LogP contribution in [0.4, 0.5) is 0 Å². The molecular weight excluding hydrogens is 304 g/mol. The predicted molar refractivity (Wildman–Crippen MR) is 103 cm³/mol. The summed E-state index contributed by atoms with van der Waals surface area (Å²) >= 11 is 0. The van der Waals surface area contributed by atoms with E-state index in [4.69, 9.17) is 4.98 Å². The molecular formula is C23H18N2. The summed E-state index contributed by atoms with van der Waals surface area (Å²) in [4.78, 5) is 9.04. The minimum Gasteiger partial charge on any atom is -0.265 e. The van der Waals surface area contributed by atoms with E-state index in [2.05, 4.69) is 60.4 Å². The van der Waals surface area contributed by atoms with Crippen LogP contribution in [0.15, 0.2) is 91.3 Å². The molecule has 0 aliphatic carbocycles. The van der Waals surface area contributed by atoms with Gasteiger partial charge < -0.3 is 0 Å². The zero-order valence-electron chi connectivity index (χ0n) is 14.1. The Bertz CT molecular complexity index is 918. The lowest BCUT2D eigenvalue weighted by molar-refractivity contribution is 1.30. The molecule has 0 N–H and O–H groups in total. The lowest BCUT2D eigenvalue weighted by atomic mass is 10.0. The molecule has 0 saturated heterocycles. The molecule has 0 radical (unpaired) electrons. The van der Waals surface area contributed by atoms with E-state index in [1.807, 2.05) is 42.7 Å². The van der Waals surface area contributed by atoms with Crippen LogP contribution >= 0.6 is 0 Å². The first kappa shape index (κ1) is 15.3. The van der Waals surface area contributed by atoms with Gasteiger partial charge in [-0.05, 0) is 42.3 Å². The Labute approximate surface area is 147 Å². The van der Waals surface area contributed by atoms with Gasteiger partial charge in [0, 0.05) is 23.5 Å². The highest BCUT2D eigenvalue weighted by molar-refractivity contribution is 5.76. The van der Waals surface area contributed by atoms with Crippen LogP contribution in [0.5, 0.6) is 0 Å². The number of benzene rings is 2. The minimum atomic E-state index is 0.977. The highest BCUT2D eigenvalue weighted by Gasteiger charge is 2.08. The topological polar surface area (TPSA) is 25.8 Å². The summed E-state index contributed by atoms with van der Waals surface area (Å²) in [5.41, 5.74) is 7.73. The Kier molecular flexibility index (Phi) is 4.09. The van der Waals surface area contributed by atoms with Crippen LogP contribution in [0.25, 0.3) is 33.6 Å². The minimum absolute atomic E-state index is 0.977. The molecule has 4 rings (SSSR count). The normalized spacial score (nSPS) is 10.6. The molecule has 4 aromatic rings. The molecule has 2 aromatic carbocycles. The summed E-state index contributed by atoms with van der Waals surface area (Å²) in [7, 11) is 0. The molecule has 2 aromatic heterocycles. The number of hydrogen-bond acceptors (Lipinski definition) is 2. The highest BCUT2D eigenvalue weighted by atomic mass is 14.7. The largest absolute Gasteiger partial charge is 0.265 e. The molecule has 120 valence electrons. The van der Waals surface area contributed by atoms with Crippen molar-refractivity contribution in [2.45, 2.75) is 6.92 Å². The average molecular weight is 322 g/mol. The Morgan fingerprint density at radius 1 is 0.560 bits per heavy atom. The third-order valence-electron chi connectivity index (χ3n) is 4.26. The number of nitrogens with zero attached hydrogens (tertiary/aromatic N) is 2. The van der Waals surface area contributed by atoms with Gasteiger partial charge in [0.2, 0.25) is 0 Å². The van der Waals surface area contributed by atoms with Crippen LogP contribution in [0.3, 0.4) is 0 Å². The van der Waals surface area contributed by atoms with E-state index in [1.165, 1.54) is 5.56 Å². The molecule has 2 heterocycles. The quantitative estimate of drug-likeness (QED) is 0.477. The fraction of sp³-hybridized carbons (Fsp3) is 0.0435. The lowest BCUT2D eigenvalue weighted by Gasteiger charge is -2.10. The van der Waals surface area contributed by atoms with Gasteiger partial charge in [-0.1, -0.05) is 60.2 Å². The average Bonchev–Trinajstić information content (AvgIpc) is 2.69. The van der Waals surface area contributed by atoms with Gasteiger partial charge in [0.05, 0.1) is 11.4 Å². The molecule has 2 heteroatoms. The van der Waals surface area contributed by atoms with Crippen molar-refractivity contribution in [3.05, 3.63) is 96.8 Å². The number of pyridine rings is 2. The van der Waals surface area contributed by atoms with Gasteiger partial charge in [0.1, 0.15) is 0 Å². The second kappa shape index (κ2) is 6.70. The van der Waals surface area contributed by atoms with Crippen molar-refractivity contribution >= 4 is 0 Å². The molecule has 0 saturated carbocycles. The van der Waals surface area contributed by atoms with Crippen molar-refractivity contribution < 1.29 is 0 Å². The molecule has 0 fully saturated rings. The summed E-state index contributed by atoms with van der Waals surface area (Å²) in [5.74, 6) is 0. The van der Waals surface area contributed by atoms with Gasteiger partial charge in [0.25, 0.3) is 0 Å². The van der Waals surface area contributed by atoms with E-state index in [0.29, 0.717) is 0 Å². The second-order valence-corrected chi connectivity index (χ2v) is 6.09. The predicted octanol–water partition coefficient (Wildman–Crippen LogP) is 5.79. The first-order chi connectivity index (χ1) is 12.3. The van der Waals surface area contributed by atoms with Gasteiger partial charge >= 0.3 is 0 Å². The number of rotatable bonds is 3.